The van der Waals surface area contributed by atoms with Crippen molar-refractivity contribution in [3.8, 4) is 11.6 Å². The Kier molecular flexibility index (Phi) is 7.53. The van der Waals surface area contributed by atoms with E-state index in [2.05, 4.69) is 15.0 Å². The number of hydrogen-bond acceptors (Lipinski definition) is 6. The van der Waals surface area contributed by atoms with Crippen LogP contribution in [0, 0.1) is 0 Å². The molecule has 31 heavy (non-hydrogen) atoms. The first kappa shape index (κ1) is 23.1. The van der Waals surface area contributed by atoms with Crippen LogP contribution < -0.4 is 9.80 Å². The lowest BCUT2D eigenvalue weighted by molar-refractivity contribution is -0.137. The van der Waals surface area contributed by atoms with Gasteiger partial charge in [0.05, 0.1) is 30.8 Å². The number of pyridine rings is 1. The predicted octanol–water partition coefficient (Wildman–Crippen LogP) is 5.69. The molecule has 2 heterocycles. The normalized spacial score (nSPS) is 11.4. The van der Waals surface area contributed by atoms with Crippen molar-refractivity contribution in [3.05, 3.63) is 70.8 Å². The number of ether oxygens (including phenoxy) is 1. The van der Waals surface area contributed by atoms with Crippen LogP contribution in [0.5, 0.6) is 11.6 Å². The standard InChI is InChI=1S/C20H17Cl2F3N4O2/c1-30-29(19-18(22)16(10-21)27-12-28-19)9-8-13-2-5-15(6-3-13)31-17-7-4-14(11-26-17)20(23,24)25/h2-7,11-12H,8-10H2,1H3. The summed E-state index contributed by atoms with van der Waals surface area (Å²) < 4.78 is 43.3. The maximum atomic E-state index is 12.6. The fourth-order valence-electron chi connectivity index (χ4n) is 2.63. The second-order valence-corrected chi connectivity index (χ2v) is 6.90. The largest absolute Gasteiger partial charge is 0.439 e. The fraction of sp³-hybridized carbons (Fsp3) is 0.250. The van der Waals surface area contributed by atoms with E-state index in [1.807, 2.05) is 12.1 Å². The van der Waals surface area contributed by atoms with Crippen LogP contribution in [0.4, 0.5) is 19.0 Å². The Labute approximate surface area is 186 Å². The summed E-state index contributed by atoms with van der Waals surface area (Å²) in [6.45, 7) is 0.454. The van der Waals surface area contributed by atoms with Gasteiger partial charge in [-0.2, -0.15) is 13.2 Å². The highest BCUT2D eigenvalue weighted by molar-refractivity contribution is 6.34. The second kappa shape index (κ2) is 10.1. The van der Waals surface area contributed by atoms with Crippen molar-refractivity contribution >= 4 is 29.0 Å². The molecule has 6 nitrogen and oxygen atoms in total. The summed E-state index contributed by atoms with van der Waals surface area (Å²) in [5.74, 6) is 1.09. The molecular formula is C20H17Cl2F3N4O2. The van der Waals surface area contributed by atoms with Gasteiger partial charge in [-0.1, -0.05) is 23.7 Å². The summed E-state index contributed by atoms with van der Waals surface area (Å²) in [5, 5.41) is 1.86. The highest BCUT2D eigenvalue weighted by Crippen LogP contribution is 2.30. The van der Waals surface area contributed by atoms with E-state index in [4.69, 9.17) is 32.8 Å². The molecule has 0 atom stereocenters. The van der Waals surface area contributed by atoms with E-state index in [-0.39, 0.29) is 11.8 Å². The Morgan fingerprint density at radius 1 is 1.03 bits per heavy atom. The Hall–Kier alpha value is -2.62. The molecule has 0 aliphatic rings. The van der Waals surface area contributed by atoms with Crippen molar-refractivity contribution in [1.29, 1.82) is 0 Å². The third-order valence-electron chi connectivity index (χ3n) is 4.24. The Bertz CT molecular complexity index is 1000. The molecule has 0 aliphatic heterocycles. The molecule has 0 unspecified atom stereocenters. The summed E-state index contributed by atoms with van der Waals surface area (Å²) in [7, 11) is 1.51. The maximum absolute atomic E-state index is 12.6. The van der Waals surface area contributed by atoms with Gasteiger partial charge in [-0.25, -0.2) is 20.0 Å². The minimum atomic E-state index is -4.44. The third-order valence-corrected chi connectivity index (χ3v) is 4.88. The number of anilines is 1. The van der Waals surface area contributed by atoms with Gasteiger partial charge >= 0.3 is 6.18 Å². The van der Waals surface area contributed by atoms with E-state index in [9.17, 15) is 13.2 Å². The maximum Gasteiger partial charge on any atom is 0.417 e. The first-order valence-corrected chi connectivity index (χ1v) is 9.90. The van der Waals surface area contributed by atoms with E-state index < -0.39 is 11.7 Å². The number of hydrogen-bond donors (Lipinski definition) is 0. The molecule has 2 aromatic heterocycles. The number of benzene rings is 1. The van der Waals surface area contributed by atoms with Gasteiger partial charge in [0.15, 0.2) is 5.82 Å². The van der Waals surface area contributed by atoms with Crippen molar-refractivity contribution in [2.75, 3.05) is 18.7 Å². The smallest absolute Gasteiger partial charge is 0.417 e. The average Bonchev–Trinajstić information content (AvgIpc) is 2.76. The minimum absolute atomic E-state index is 0.0693. The molecule has 0 saturated carbocycles. The van der Waals surface area contributed by atoms with Crippen LogP contribution in [0.2, 0.25) is 5.02 Å². The number of alkyl halides is 4. The van der Waals surface area contributed by atoms with Crippen LogP contribution in [-0.2, 0) is 23.3 Å². The van der Waals surface area contributed by atoms with Gasteiger partial charge in [-0.15, -0.1) is 11.6 Å². The van der Waals surface area contributed by atoms with Crippen LogP contribution in [-0.4, -0.2) is 28.6 Å². The monoisotopic (exact) mass is 472 g/mol. The SMILES string of the molecule is CON(CCc1ccc(Oc2ccc(C(F)(F)F)cn2)cc1)c1ncnc(CCl)c1Cl. The molecule has 3 aromatic rings. The first-order chi connectivity index (χ1) is 14.8. The Balaban J connectivity index is 1.61. The van der Waals surface area contributed by atoms with Crippen LogP contribution in [0.15, 0.2) is 48.9 Å². The van der Waals surface area contributed by atoms with E-state index in [0.717, 1.165) is 17.8 Å². The highest BCUT2D eigenvalue weighted by Gasteiger charge is 2.30. The van der Waals surface area contributed by atoms with Gasteiger partial charge in [0.25, 0.3) is 0 Å². The molecule has 0 spiro atoms. The number of rotatable bonds is 8. The Morgan fingerprint density at radius 3 is 2.35 bits per heavy atom. The van der Waals surface area contributed by atoms with E-state index in [1.54, 1.807) is 12.1 Å². The summed E-state index contributed by atoms with van der Waals surface area (Å²) in [6.07, 6.45) is -1.74. The lowest BCUT2D eigenvalue weighted by Crippen LogP contribution is -2.26. The molecule has 0 saturated heterocycles. The molecule has 0 aliphatic carbocycles. The quantitative estimate of drug-likeness (QED) is 0.310. The molecule has 0 fully saturated rings. The zero-order valence-electron chi connectivity index (χ0n) is 16.2. The Morgan fingerprint density at radius 2 is 1.77 bits per heavy atom. The lowest BCUT2D eigenvalue weighted by Gasteiger charge is -2.22. The van der Waals surface area contributed by atoms with Crippen molar-refractivity contribution in [3.63, 3.8) is 0 Å². The predicted molar refractivity (Wildman–Crippen MR) is 110 cm³/mol. The molecule has 3 rings (SSSR count). The molecule has 11 heteroatoms. The average molecular weight is 473 g/mol. The number of nitrogens with zero attached hydrogens (tertiary/aromatic N) is 4. The van der Waals surface area contributed by atoms with Crippen molar-refractivity contribution in [1.82, 2.24) is 15.0 Å². The fourth-order valence-corrected chi connectivity index (χ4v) is 3.16. The van der Waals surface area contributed by atoms with Crippen LogP contribution in [0.25, 0.3) is 0 Å². The molecular weight excluding hydrogens is 456 g/mol. The molecule has 164 valence electrons. The van der Waals surface area contributed by atoms with E-state index >= 15 is 0 Å². The van der Waals surface area contributed by atoms with Crippen molar-refractivity contribution in [2.45, 2.75) is 18.5 Å². The second-order valence-electron chi connectivity index (χ2n) is 6.26. The summed E-state index contributed by atoms with van der Waals surface area (Å²) in [4.78, 5) is 17.2. The zero-order chi connectivity index (χ0) is 22.4. The zero-order valence-corrected chi connectivity index (χ0v) is 17.7. The topological polar surface area (TPSA) is 60.4 Å². The number of hydroxylamine groups is 1. The molecule has 0 radical (unpaired) electrons. The summed E-state index contributed by atoms with van der Waals surface area (Å²) >= 11 is 12.1. The first-order valence-electron chi connectivity index (χ1n) is 8.99. The summed E-state index contributed by atoms with van der Waals surface area (Å²) in [5.41, 5.74) is 0.645. The lowest BCUT2D eigenvalue weighted by atomic mass is 10.1. The molecule has 1 aromatic carbocycles. The van der Waals surface area contributed by atoms with Crippen molar-refractivity contribution in [2.24, 2.45) is 0 Å². The van der Waals surface area contributed by atoms with Gasteiger partial charge in [-0.3, -0.25) is 4.84 Å². The van der Waals surface area contributed by atoms with Gasteiger partial charge in [0, 0.05) is 12.3 Å². The van der Waals surface area contributed by atoms with Gasteiger partial charge in [-0.05, 0) is 30.2 Å². The number of aromatic nitrogens is 3. The summed E-state index contributed by atoms with van der Waals surface area (Å²) in [6, 6.07) is 9.17. The molecule has 0 amide bonds. The molecule has 0 bridgehead atoms. The van der Waals surface area contributed by atoms with Gasteiger partial charge in [0.2, 0.25) is 5.88 Å². The van der Waals surface area contributed by atoms with E-state index in [0.29, 0.717) is 35.2 Å². The number of halogens is 5. The minimum Gasteiger partial charge on any atom is -0.439 e. The molecule has 0 N–H and O–H groups in total. The van der Waals surface area contributed by atoms with E-state index in [1.165, 1.54) is 24.6 Å². The van der Waals surface area contributed by atoms with Gasteiger partial charge < -0.3 is 4.74 Å². The highest BCUT2D eigenvalue weighted by atomic mass is 35.5. The van der Waals surface area contributed by atoms with Gasteiger partial charge in [0.1, 0.15) is 17.1 Å². The third kappa shape index (κ3) is 5.96. The van der Waals surface area contributed by atoms with Crippen LogP contribution in [0.1, 0.15) is 16.8 Å². The van der Waals surface area contributed by atoms with Crippen LogP contribution >= 0.6 is 23.2 Å². The van der Waals surface area contributed by atoms with Crippen LogP contribution in [0.3, 0.4) is 0 Å². The van der Waals surface area contributed by atoms with Crippen molar-refractivity contribution < 1.29 is 22.7 Å².